The van der Waals surface area contributed by atoms with Gasteiger partial charge in [-0.3, -0.25) is 4.79 Å². The van der Waals surface area contributed by atoms with E-state index >= 15 is 0 Å². The fourth-order valence-electron chi connectivity index (χ4n) is 2.38. The molecule has 1 aliphatic heterocycles. The van der Waals surface area contributed by atoms with Crippen molar-refractivity contribution in [3.8, 4) is 0 Å². The highest BCUT2D eigenvalue weighted by Gasteiger charge is 2.45. The summed E-state index contributed by atoms with van der Waals surface area (Å²) in [4.78, 5) is 11.3. The predicted octanol–water partition coefficient (Wildman–Crippen LogP) is 0.895. The molecule has 3 nitrogen and oxygen atoms in total. The summed E-state index contributed by atoms with van der Waals surface area (Å²) in [5, 5.41) is 2.90. The fourth-order valence-corrected chi connectivity index (χ4v) is 2.38. The van der Waals surface area contributed by atoms with Crippen LogP contribution in [0.4, 0.5) is 0 Å². The van der Waals surface area contributed by atoms with Gasteiger partial charge in [-0.15, -0.1) is 0 Å². The average molecular weight is 169 g/mol. The minimum Gasteiger partial charge on any atom is -0.358 e. The summed E-state index contributed by atoms with van der Waals surface area (Å²) in [7, 11) is 0. The highest BCUT2D eigenvalue weighted by molar-refractivity contribution is 5.81. The number of rotatable bonds is 2. The normalized spacial score (nSPS) is 39.8. The molecule has 1 N–H and O–H groups in total. The maximum atomic E-state index is 11.3. The van der Waals surface area contributed by atoms with Gasteiger partial charge in [-0.1, -0.05) is 6.42 Å². The number of nitrogens with one attached hydrogen (secondary N) is 1. The molecule has 0 aromatic carbocycles. The molecule has 0 aromatic heterocycles. The molecule has 2 fully saturated rings. The fraction of sp³-hybridized carbons (Fsp3) is 0.889. The molecule has 1 saturated carbocycles. The molecule has 12 heavy (non-hydrogen) atoms. The van der Waals surface area contributed by atoms with Gasteiger partial charge < -0.3 is 10.1 Å². The Morgan fingerprint density at radius 3 is 3.17 bits per heavy atom. The Morgan fingerprint density at radius 2 is 2.42 bits per heavy atom. The summed E-state index contributed by atoms with van der Waals surface area (Å²) in [5.41, 5.74) is 0. The summed E-state index contributed by atoms with van der Waals surface area (Å²) < 4.78 is 5.46. The van der Waals surface area contributed by atoms with Crippen molar-refractivity contribution >= 4 is 5.91 Å². The second-order valence-electron chi connectivity index (χ2n) is 3.59. The van der Waals surface area contributed by atoms with E-state index < -0.39 is 0 Å². The minimum atomic E-state index is 0.00926. The molecule has 0 unspecified atom stereocenters. The van der Waals surface area contributed by atoms with Gasteiger partial charge in [0.1, 0.15) is 6.23 Å². The first-order valence-electron chi connectivity index (χ1n) is 4.75. The molecule has 2 rings (SSSR count). The largest absolute Gasteiger partial charge is 0.358 e. The summed E-state index contributed by atoms with van der Waals surface area (Å²) in [5.74, 6) is 0.912. The van der Waals surface area contributed by atoms with Gasteiger partial charge in [0.25, 0.3) is 0 Å². The van der Waals surface area contributed by atoms with Crippen LogP contribution in [-0.4, -0.2) is 18.7 Å². The van der Waals surface area contributed by atoms with Crippen molar-refractivity contribution in [1.29, 1.82) is 0 Å². The first-order valence-corrected chi connectivity index (χ1v) is 4.75. The van der Waals surface area contributed by atoms with Crippen molar-refractivity contribution < 1.29 is 9.53 Å². The lowest BCUT2D eigenvalue weighted by Gasteiger charge is -2.16. The van der Waals surface area contributed by atoms with E-state index in [1.807, 2.05) is 6.92 Å². The lowest BCUT2D eigenvalue weighted by molar-refractivity contribution is -0.123. The van der Waals surface area contributed by atoms with Crippen LogP contribution in [0.15, 0.2) is 0 Å². The Bertz CT molecular complexity index is 193. The van der Waals surface area contributed by atoms with E-state index in [0.717, 1.165) is 12.8 Å². The molecule has 1 saturated heterocycles. The van der Waals surface area contributed by atoms with Gasteiger partial charge in [0, 0.05) is 18.4 Å². The van der Waals surface area contributed by atoms with Crippen molar-refractivity contribution in [3.63, 3.8) is 0 Å². The summed E-state index contributed by atoms with van der Waals surface area (Å²) in [6.45, 7) is 2.66. The third kappa shape index (κ3) is 1.12. The number of amides is 1. The first kappa shape index (κ1) is 8.05. The minimum absolute atomic E-state index is 0.00926. The van der Waals surface area contributed by atoms with Crippen LogP contribution in [0.1, 0.15) is 26.2 Å². The maximum Gasteiger partial charge on any atom is 0.225 e. The monoisotopic (exact) mass is 169 g/mol. The third-order valence-corrected chi connectivity index (χ3v) is 2.93. The zero-order valence-electron chi connectivity index (χ0n) is 7.38. The van der Waals surface area contributed by atoms with Crippen molar-refractivity contribution in [3.05, 3.63) is 0 Å². The molecular formula is C9H15NO2. The molecular weight excluding hydrogens is 154 g/mol. The van der Waals surface area contributed by atoms with E-state index in [1.165, 1.54) is 6.42 Å². The third-order valence-electron chi connectivity index (χ3n) is 2.93. The van der Waals surface area contributed by atoms with Crippen molar-refractivity contribution in [2.45, 2.75) is 32.4 Å². The highest BCUT2D eigenvalue weighted by Crippen LogP contribution is 2.38. The Kier molecular flexibility index (Phi) is 2.05. The van der Waals surface area contributed by atoms with E-state index in [2.05, 4.69) is 5.32 Å². The quantitative estimate of drug-likeness (QED) is 0.666. The highest BCUT2D eigenvalue weighted by atomic mass is 16.5. The lowest BCUT2D eigenvalue weighted by atomic mass is 9.99. The summed E-state index contributed by atoms with van der Waals surface area (Å²) in [6, 6.07) is 0. The summed E-state index contributed by atoms with van der Waals surface area (Å²) in [6.07, 6.45) is 3.40. The second kappa shape index (κ2) is 3.05. The molecule has 2 aliphatic rings. The van der Waals surface area contributed by atoms with Crippen molar-refractivity contribution in [2.75, 3.05) is 6.61 Å². The van der Waals surface area contributed by atoms with Crippen molar-refractivity contribution in [2.24, 2.45) is 11.8 Å². The SMILES string of the molecule is CCO[C@@H]1NC(=O)[C@@H]2CCC[C@H]12. The Hall–Kier alpha value is -0.570. The molecule has 0 spiro atoms. The van der Waals surface area contributed by atoms with Crippen LogP contribution >= 0.6 is 0 Å². The molecule has 1 heterocycles. The van der Waals surface area contributed by atoms with Crippen LogP contribution in [-0.2, 0) is 9.53 Å². The molecule has 3 heteroatoms. The molecule has 68 valence electrons. The zero-order chi connectivity index (χ0) is 8.55. The number of ether oxygens (including phenoxy) is 1. The molecule has 0 bridgehead atoms. The standard InChI is InChI=1S/C9H15NO2/c1-2-12-9-7-5-3-4-6(7)8(11)10-9/h6-7,9H,2-5H2,1H3,(H,10,11)/t6-,7+,9+/m1/s1. The Morgan fingerprint density at radius 1 is 1.58 bits per heavy atom. The van der Waals surface area contributed by atoms with E-state index in [1.54, 1.807) is 0 Å². The Labute approximate surface area is 72.5 Å². The van der Waals surface area contributed by atoms with Crippen LogP contribution < -0.4 is 5.32 Å². The summed E-state index contributed by atoms with van der Waals surface area (Å²) >= 11 is 0. The average Bonchev–Trinajstić information content (AvgIpc) is 2.58. The zero-order valence-corrected chi connectivity index (χ0v) is 7.38. The molecule has 1 aliphatic carbocycles. The molecule has 0 aromatic rings. The topological polar surface area (TPSA) is 38.3 Å². The van der Waals surface area contributed by atoms with E-state index in [4.69, 9.17) is 4.74 Å². The van der Waals surface area contributed by atoms with E-state index in [9.17, 15) is 4.79 Å². The van der Waals surface area contributed by atoms with Gasteiger partial charge in [0.15, 0.2) is 0 Å². The number of carbonyl (C=O) groups is 1. The van der Waals surface area contributed by atoms with Gasteiger partial charge in [0.2, 0.25) is 5.91 Å². The van der Waals surface area contributed by atoms with Gasteiger partial charge in [-0.25, -0.2) is 0 Å². The van der Waals surface area contributed by atoms with Crippen LogP contribution in [0.5, 0.6) is 0 Å². The van der Waals surface area contributed by atoms with Crippen LogP contribution in [0.3, 0.4) is 0 Å². The number of carbonyl (C=O) groups excluding carboxylic acids is 1. The molecule has 3 atom stereocenters. The maximum absolute atomic E-state index is 11.3. The van der Waals surface area contributed by atoms with E-state index in [-0.39, 0.29) is 18.1 Å². The Balaban J connectivity index is 2.04. The van der Waals surface area contributed by atoms with Crippen LogP contribution in [0.2, 0.25) is 0 Å². The van der Waals surface area contributed by atoms with E-state index in [0.29, 0.717) is 12.5 Å². The first-order chi connectivity index (χ1) is 5.83. The predicted molar refractivity (Wildman–Crippen MR) is 44.4 cm³/mol. The number of fused-ring (bicyclic) bond motifs is 1. The smallest absolute Gasteiger partial charge is 0.225 e. The van der Waals surface area contributed by atoms with Gasteiger partial charge in [0.05, 0.1) is 0 Å². The van der Waals surface area contributed by atoms with Gasteiger partial charge in [-0.05, 0) is 19.8 Å². The lowest BCUT2D eigenvalue weighted by Crippen LogP contribution is -2.31. The van der Waals surface area contributed by atoms with Crippen LogP contribution in [0, 0.1) is 11.8 Å². The van der Waals surface area contributed by atoms with Gasteiger partial charge >= 0.3 is 0 Å². The molecule has 1 amide bonds. The van der Waals surface area contributed by atoms with Crippen LogP contribution in [0.25, 0.3) is 0 Å². The second-order valence-corrected chi connectivity index (χ2v) is 3.59. The van der Waals surface area contributed by atoms with Crippen molar-refractivity contribution in [1.82, 2.24) is 5.32 Å². The number of hydrogen-bond acceptors (Lipinski definition) is 2. The van der Waals surface area contributed by atoms with Gasteiger partial charge in [-0.2, -0.15) is 0 Å². The molecule has 0 radical (unpaired) electrons. The number of hydrogen-bond donors (Lipinski definition) is 1.